The van der Waals surface area contributed by atoms with Crippen molar-refractivity contribution in [2.24, 2.45) is 5.92 Å². The highest BCUT2D eigenvalue weighted by Crippen LogP contribution is 2.39. The molecule has 0 radical (unpaired) electrons. The van der Waals surface area contributed by atoms with Gasteiger partial charge in [-0.3, -0.25) is 4.79 Å². The van der Waals surface area contributed by atoms with E-state index in [4.69, 9.17) is 0 Å². The Morgan fingerprint density at radius 3 is 2.82 bits per heavy atom. The van der Waals surface area contributed by atoms with Gasteiger partial charge in [0, 0.05) is 12.6 Å². The summed E-state index contributed by atoms with van der Waals surface area (Å²) in [7, 11) is 0. The van der Waals surface area contributed by atoms with E-state index in [-0.39, 0.29) is 0 Å². The second-order valence-corrected chi connectivity index (χ2v) is 6.34. The molecular formula is C14H19NOS. The van der Waals surface area contributed by atoms with Gasteiger partial charge in [0.1, 0.15) is 0 Å². The summed E-state index contributed by atoms with van der Waals surface area (Å²) in [4.78, 5) is 14.2. The Morgan fingerprint density at radius 1 is 1.18 bits per heavy atom. The summed E-state index contributed by atoms with van der Waals surface area (Å²) in [5.74, 6) is 0.902. The van der Waals surface area contributed by atoms with E-state index in [1.54, 1.807) is 11.3 Å². The Kier molecular flexibility index (Phi) is 3.19. The number of aldehydes is 1. The standard InChI is InChI=1S/C14H19NOS/c16-10-12-7-8-14(17-12)15-9-3-5-11-4-1-2-6-13(11)15/h7-8,10-11,13H,1-6,9H2. The monoisotopic (exact) mass is 249 g/mol. The van der Waals surface area contributed by atoms with Gasteiger partial charge < -0.3 is 4.90 Å². The number of anilines is 1. The Labute approximate surface area is 107 Å². The number of piperidine rings is 1. The highest BCUT2D eigenvalue weighted by atomic mass is 32.1. The Hall–Kier alpha value is -0.830. The third kappa shape index (κ3) is 2.13. The van der Waals surface area contributed by atoms with Gasteiger partial charge in [-0.2, -0.15) is 0 Å². The number of thiophene rings is 1. The van der Waals surface area contributed by atoms with Crippen LogP contribution in [-0.2, 0) is 0 Å². The molecule has 1 aliphatic carbocycles. The molecule has 2 aliphatic rings. The van der Waals surface area contributed by atoms with E-state index in [1.807, 2.05) is 6.07 Å². The van der Waals surface area contributed by atoms with Crippen LogP contribution in [-0.4, -0.2) is 18.9 Å². The van der Waals surface area contributed by atoms with Crippen molar-refractivity contribution in [3.63, 3.8) is 0 Å². The molecule has 0 aromatic carbocycles. The predicted octanol–water partition coefficient (Wildman–Crippen LogP) is 3.72. The first-order valence-corrected chi connectivity index (χ1v) is 7.52. The smallest absolute Gasteiger partial charge is 0.160 e. The molecule has 1 aromatic rings. The molecule has 1 saturated carbocycles. The van der Waals surface area contributed by atoms with Crippen LogP contribution in [0.15, 0.2) is 12.1 Å². The second kappa shape index (κ2) is 4.81. The number of carbonyl (C=O) groups is 1. The van der Waals surface area contributed by atoms with E-state index >= 15 is 0 Å². The summed E-state index contributed by atoms with van der Waals surface area (Å²) in [6.07, 6.45) is 9.24. The van der Waals surface area contributed by atoms with Gasteiger partial charge in [-0.1, -0.05) is 12.8 Å². The van der Waals surface area contributed by atoms with Gasteiger partial charge in [0.2, 0.25) is 0 Å². The molecule has 17 heavy (non-hydrogen) atoms. The fraction of sp³-hybridized carbons (Fsp3) is 0.643. The van der Waals surface area contributed by atoms with Crippen LogP contribution in [0.2, 0.25) is 0 Å². The van der Waals surface area contributed by atoms with Crippen molar-refractivity contribution >= 4 is 22.6 Å². The normalized spacial score (nSPS) is 28.8. The first-order valence-electron chi connectivity index (χ1n) is 6.70. The van der Waals surface area contributed by atoms with Gasteiger partial charge in [0.15, 0.2) is 6.29 Å². The minimum Gasteiger partial charge on any atom is -0.360 e. The molecule has 3 rings (SSSR count). The largest absolute Gasteiger partial charge is 0.360 e. The lowest BCUT2D eigenvalue weighted by Gasteiger charge is -2.44. The average molecular weight is 249 g/mol. The SMILES string of the molecule is O=Cc1ccc(N2CCCC3CCCCC32)s1. The highest BCUT2D eigenvalue weighted by molar-refractivity contribution is 7.17. The van der Waals surface area contributed by atoms with Crippen molar-refractivity contribution in [2.75, 3.05) is 11.4 Å². The molecule has 92 valence electrons. The van der Waals surface area contributed by atoms with Crippen molar-refractivity contribution < 1.29 is 4.79 Å². The second-order valence-electron chi connectivity index (χ2n) is 5.24. The summed E-state index contributed by atoms with van der Waals surface area (Å²) in [5, 5.41) is 1.31. The van der Waals surface area contributed by atoms with Crippen molar-refractivity contribution in [1.29, 1.82) is 0 Å². The maximum Gasteiger partial charge on any atom is 0.160 e. The molecular weight excluding hydrogens is 230 g/mol. The predicted molar refractivity (Wildman–Crippen MR) is 72.0 cm³/mol. The van der Waals surface area contributed by atoms with Gasteiger partial charge in [0.25, 0.3) is 0 Å². The topological polar surface area (TPSA) is 20.3 Å². The van der Waals surface area contributed by atoms with E-state index in [0.29, 0.717) is 0 Å². The lowest BCUT2D eigenvalue weighted by atomic mass is 9.78. The fourth-order valence-electron chi connectivity index (χ4n) is 3.46. The Bertz CT molecular complexity index is 399. The fourth-order valence-corrected chi connectivity index (χ4v) is 4.36. The summed E-state index contributed by atoms with van der Waals surface area (Å²) in [5.41, 5.74) is 0. The third-order valence-corrected chi connectivity index (χ3v) is 5.30. The van der Waals surface area contributed by atoms with E-state index in [0.717, 1.165) is 23.1 Å². The van der Waals surface area contributed by atoms with Crippen LogP contribution in [0, 0.1) is 5.92 Å². The van der Waals surface area contributed by atoms with Crippen LogP contribution in [0.25, 0.3) is 0 Å². The van der Waals surface area contributed by atoms with Crippen molar-refractivity contribution in [3.8, 4) is 0 Å². The maximum atomic E-state index is 10.8. The summed E-state index contributed by atoms with van der Waals surface area (Å²) in [6, 6.07) is 4.83. The first-order chi connectivity index (χ1) is 8.38. The van der Waals surface area contributed by atoms with Crippen LogP contribution in [0.3, 0.4) is 0 Å². The number of hydrogen-bond donors (Lipinski definition) is 0. The molecule has 2 atom stereocenters. The van der Waals surface area contributed by atoms with Crippen LogP contribution in [0.1, 0.15) is 48.2 Å². The number of hydrogen-bond acceptors (Lipinski definition) is 3. The molecule has 0 spiro atoms. The van der Waals surface area contributed by atoms with Crippen LogP contribution in [0.4, 0.5) is 5.00 Å². The summed E-state index contributed by atoms with van der Waals surface area (Å²) < 4.78 is 0. The molecule has 1 aliphatic heterocycles. The van der Waals surface area contributed by atoms with Crippen LogP contribution >= 0.6 is 11.3 Å². The van der Waals surface area contributed by atoms with Gasteiger partial charge in [-0.15, -0.1) is 11.3 Å². The van der Waals surface area contributed by atoms with E-state index in [1.165, 1.54) is 50.1 Å². The molecule has 2 heterocycles. The Morgan fingerprint density at radius 2 is 2.00 bits per heavy atom. The zero-order valence-corrected chi connectivity index (χ0v) is 10.9. The minimum atomic E-state index is 0.746. The maximum absolute atomic E-state index is 10.8. The zero-order valence-electron chi connectivity index (χ0n) is 10.1. The molecule has 0 N–H and O–H groups in total. The van der Waals surface area contributed by atoms with Crippen LogP contribution in [0.5, 0.6) is 0 Å². The van der Waals surface area contributed by atoms with Gasteiger partial charge >= 0.3 is 0 Å². The first kappa shape index (κ1) is 11.3. The molecule has 2 fully saturated rings. The lowest BCUT2D eigenvalue weighted by molar-refractivity contribution is 0.112. The van der Waals surface area contributed by atoms with E-state index in [9.17, 15) is 4.79 Å². The van der Waals surface area contributed by atoms with E-state index < -0.39 is 0 Å². The molecule has 1 saturated heterocycles. The third-order valence-electron chi connectivity index (χ3n) is 4.26. The number of nitrogens with zero attached hydrogens (tertiary/aromatic N) is 1. The number of rotatable bonds is 2. The molecule has 1 aromatic heterocycles. The van der Waals surface area contributed by atoms with Gasteiger partial charge in [-0.05, 0) is 43.7 Å². The molecule has 0 amide bonds. The zero-order chi connectivity index (χ0) is 11.7. The van der Waals surface area contributed by atoms with Crippen molar-refractivity contribution in [3.05, 3.63) is 17.0 Å². The number of fused-ring (bicyclic) bond motifs is 1. The molecule has 3 heteroatoms. The van der Waals surface area contributed by atoms with Gasteiger partial charge in [-0.25, -0.2) is 0 Å². The molecule has 0 bridgehead atoms. The average Bonchev–Trinajstić information content (AvgIpc) is 2.87. The van der Waals surface area contributed by atoms with Gasteiger partial charge in [0.05, 0.1) is 9.88 Å². The highest BCUT2D eigenvalue weighted by Gasteiger charge is 2.33. The van der Waals surface area contributed by atoms with Crippen molar-refractivity contribution in [2.45, 2.75) is 44.6 Å². The van der Waals surface area contributed by atoms with Crippen LogP contribution < -0.4 is 4.90 Å². The number of carbonyl (C=O) groups excluding carboxylic acids is 1. The quantitative estimate of drug-likeness (QED) is 0.745. The van der Waals surface area contributed by atoms with E-state index in [2.05, 4.69) is 11.0 Å². The Balaban J connectivity index is 1.82. The minimum absolute atomic E-state index is 0.746. The lowest BCUT2D eigenvalue weighted by Crippen LogP contribution is -2.46. The summed E-state index contributed by atoms with van der Waals surface area (Å²) in [6.45, 7) is 1.18. The van der Waals surface area contributed by atoms with Crippen molar-refractivity contribution in [1.82, 2.24) is 0 Å². The molecule has 2 nitrogen and oxygen atoms in total. The molecule has 2 unspecified atom stereocenters. The summed E-state index contributed by atoms with van der Waals surface area (Å²) >= 11 is 1.65.